The van der Waals surface area contributed by atoms with Crippen LogP contribution in [0.15, 0.2) is 30.6 Å². The number of carbonyl (C=O) groups excluding carboxylic acids is 1. The van der Waals surface area contributed by atoms with Crippen LogP contribution in [0, 0.1) is 17.5 Å². The minimum Gasteiger partial charge on any atom is -0.396 e. The van der Waals surface area contributed by atoms with E-state index in [0.717, 1.165) is 17.7 Å². The van der Waals surface area contributed by atoms with Gasteiger partial charge in [0.1, 0.15) is 0 Å². The van der Waals surface area contributed by atoms with Crippen molar-refractivity contribution in [2.24, 2.45) is 0 Å². The summed E-state index contributed by atoms with van der Waals surface area (Å²) in [6.45, 7) is -1.85. The number of aryl methyl sites for hydroxylation is 1. The molecule has 1 amide bonds. The Hall–Kier alpha value is -2.41. The fourth-order valence-electron chi connectivity index (χ4n) is 3.19. The van der Waals surface area contributed by atoms with Gasteiger partial charge in [0, 0.05) is 44.4 Å². The Morgan fingerprint density at radius 2 is 2.00 bits per heavy atom. The SMILES string of the molecule is [2H]C([2H])(O)CCc1cnccc1CN1CC(c2cc(F)c(F)c(F)c2)CC1=O. The molecule has 1 N–H and O–H groups in total. The fraction of sp³-hybridized carbons (Fsp3) is 0.368. The quantitative estimate of drug-likeness (QED) is 0.800. The summed E-state index contributed by atoms with van der Waals surface area (Å²) in [7, 11) is 0. The number of benzene rings is 1. The highest BCUT2D eigenvalue weighted by molar-refractivity contribution is 5.79. The van der Waals surface area contributed by atoms with E-state index in [0.29, 0.717) is 5.56 Å². The Labute approximate surface area is 152 Å². The van der Waals surface area contributed by atoms with Gasteiger partial charge >= 0.3 is 0 Å². The van der Waals surface area contributed by atoms with E-state index in [4.69, 9.17) is 2.74 Å². The van der Waals surface area contributed by atoms with Crippen molar-refractivity contribution < 1.29 is 25.8 Å². The van der Waals surface area contributed by atoms with Gasteiger partial charge in [-0.15, -0.1) is 0 Å². The average molecular weight is 366 g/mol. The van der Waals surface area contributed by atoms with Crippen molar-refractivity contribution in [3.05, 3.63) is 64.7 Å². The third-order valence-corrected chi connectivity index (χ3v) is 4.56. The normalized spacial score (nSPS) is 18.8. The zero-order chi connectivity index (χ0) is 20.5. The van der Waals surface area contributed by atoms with Gasteiger partial charge in [-0.25, -0.2) is 13.2 Å². The monoisotopic (exact) mass is 366 g/mol. The molecule has 7 heteroatoms. The van der Waals surface area contributed by atoms with Gasteiger partial charge in [-0.1, -0.05) is 0 Å². The van der Waals surface area contributed by atoms with E-state index in [2.05, 4.69) is 4.98 Å². The van der Waals surface area contributed by atoms with Crippen LogP contribution in [-0.4, -0.2) is 34.0 Å². The van der Waals surface area contributed by atoms with Gasteiger partial charge in [0.15, 0.2) is 17.5 Å². The number of aliphatic hydroxyl groups is 1. The number of carbonyl (C=O) groups is 1. The summed E-state index contributed by atoms with van der Waals surface area (Å²) in [6, 6.07) is 3.54. The number of aromatic nitrogens is 1. The largest absolute Gasteiger partial charge is 0.396 e. The highest BCUT2D eigenvalue weighted by Crippen LogP contribution is 2.31. The van der Waals surface area contributed by atoms with Crippen LogP contribution in [0.4, 0.5) is 13.2 Å². The van der Waals surface area contributed by atoms with Crippen LogP contribution in [0.25, 0.3) is 0 Å². The van der Waals surface area contributed by atoms with Crippen LogP contribution in [0.1, 0.15) is 38.2 Å². The third-order valence-electron chi connectivity index (χ3n) is 4.56. The van der Waals surface area contributed by atoms with Crippen molar-refractivity contribution in [2.45, 2.75) is 31.7 Å². The topological polar surface area (TPSA) is 53.4 Å². The average Bonchev–Trinajstić information content (AvgIpc) is 2.98. The highest BCUT2D eigenvalue weighted by Gasteiger charge is 2.32. The fourth-order valence-corrected chi connectivity index (χ4v) is 3.19. The predicted octanol–water partition coefficient (Wildman–Crippen LogP) is 2.94. The number of likely N-dealkylation sites (tertiary alicyclic amines) is 1. The molecule has 3 rings (SSSR count). The van der Waals surface area contributed by atoms with E-state index in [1.165, 1.54) is 4.90 Å². The minimum absolute atomic E-state index is 0.0596. The molecule has 0 aliphatic carbocycles. The summed E-state index contributed by atoms with van der Waals surface area (Å²) in [6.07, 6.45) is 3.30. The molecule has 26 heavy (non-hydrogen) atoms. The minimum atomic E-state index is -2.31. The maximum atomic E-state index is 13.5. The molecule has 0 saturated carbocycles. The van der Waals surface area contributed by atoms with E-state index < -0.39 is 29.9 Å². The molecule has 1 unspecified atom stereocenters. The van der Waals surface area contributed by atoms with Crippen molar-refractivity contribution in [2.75, 3.05) is 13.1 Å². The Bertz CT molecular complexity index is 867. The van der Waals surface area contributed by atoms with E-state index in [1.54, 1.807) is 18.5 Å². The smallest absolute Gasteiger partial charge is 0.223 e. The second-order valence-corrected chi connectivity index (χ2v) is 6.28. The van der Waals surface area contributed by atoms with Crippen molar-refractivity contribution in [3.63, 3.8) is 0 Å². The Morgan fingerprint density at radius 3 is 2.69 bits per heavy atom. The summed E-state index contributed by atoms with van der Waals surface area (Å²) in [5.74, 6) is -4.74. The molecule has 1 aliphatic rings. The van der Waals surface area contributed by atoms with Gasteiger partial charge in [-0.05, 0) is 47.7 Å². The standard InChI is InChI=1S/C19H19F3N2O2/c20-16-6-14(7-17(21)19(16)22)15-8-18(26)24(11-15)10-13-3-4-23-9-12(13)2-1-5-25/h3-4,6-7,9,15,25H,1-2,5,8,10-11H2/i5D2. The lowest BCUT2D eigenvalue weighted by molar-refractivity contribution is -0.128. The van der Waals surface area contributed by atoms with Crippen LogP contribution in [0.3, 0.4) is 0 Å². The predicted molar refractivity (Wildman–Crippen MR) is 88.7 cm³/mol. The number of nitrogens with zero attached hydrogens (tertiary/aromatic N) is 2. The third kappa shape index (κ3) is 3.88. The number of amides is 1. The zero-order valence-corrected chi connectivity index (χ0v) is 13.9. The number of pyridine rings is 1. The molecule has 1 atom stereocenters. The van der Waals surface area contributed by atoms with E-state index >= 15 is 0 Å². The number of halogens is 3. The number of rotatable bonds is 6. The number of hydrogen-bond donors (Lipinski definition) is 1. The summed E-state index contributed by atoms with van der Waals surface area (Å²) in [4.78, 5) is 17.9. The van der Waals surface area contributed by atoms with Crippen LogP contribution in [0.5, 0.6) is 0 Å². The molecule has 1 aromatic heterocycles. The lowest BCUT2D eigenvalue weighted by Crippen LogP contribution is -2.25. The summed E-state index contributed by atoms with van der Waals surface area (Å²) >= 11 is 0. The first-order valence-electron chi connectivity index (χ1n) is 9.20. The van der Waals surface area contributed by atoms with Crippen molar-refractivity contribution >= 4 is 5.91 Å². The first-order chi connectivity index (χ1) is 13.1. The lowest BCUT2D eigenvalue weighted by Gasteiger charge is -2.19. The molecule has 2 aromatic rings. The molecule has 0 radical (unpaired) electrons. The Balaban J connectivity index is 1.74. The van der Waals surface area contributed by atoms with Gasteiger partial charge in [0.05, 0.1) is 2.74 Å². The second kappa shape index (κ2) is 7.86. The van der Waals surface area contributed by atoms with Gasteiger partial charge in [0.25, 0.3) is 0 Å². The maximum Gasteiger partial charge on any atom is 0.223 e. The molecule has 0 spiro atoms. The van der Waals surface area contributed by atoms with Gasteiger partial charge < -0.3 is 10.0 Å². The van der Waals surface area contributed by atoms with Crippen LogP contribution >= 0.6 is 0 Å². The molecule has 138 valence electrons. The number of hydrogen-bond acceptors (Lipinski definition) is 3. The Kier molecular flexibility index (Phi) is 4.78. The lowest BCUT2D eigenvalue weighted by atomic mass is 9.98. The first-order valence-corrected chi connectivity index (χ1v) is 8.20. The zero-order valence-electron chi connectivity index (χ0n) is 15.9. The van der Waals surface area contributed by atoms with Crippen molar-refractivity contribution in [1.29, 1.82) is 0 Å². The van der Waals surface area contributed by atoms with Crippen molar-refractivity contribution in [3.8, 4) is 0 Å². The second-order valence-electron chi connectivity index (χ2n) is 6.28. The van der Waals surface area contributed by atoms with Gasteiger partial charge in [0.2, 0.25) is 5.91 Å². The van der Waals surface area contributed by atoms with E-state index in [1.807, 2.05) is 0 Å². The molecular formula is C19H19F3N2O2. The molecule has 1 aliphatic heterocycles. The molecule has 4 nitrogen and oxygen atoms in total. The molecule has 1 saturated heterocycles. The van der Waals surface area contributed by atoms with E-state index in [-0.39, 0.29) is 43.8 Å². The highest BCUT2D eigenvalue weighted by atomic mass is 19.2. The summed E-state index contributed by atoms with van der Waals surface area (Å²) in [5, 5.41) is 9.28. The van der Waals surface area contributed by atoms with Gasteiger partial charge in [-0.3, -0.25) is 9.78 Å². The van der Waals surface area contributed by atoms with E-state index in [9.17, 15) is 23.1 Å². The van der Waals surface area contributed by atoms with Crippen LogP contribution < -0.4 is 0 Å². The maximum absolute atomic E-state index is 13.5. The molecule has 2 heterocycles. The molecule has 1 aromatic carbocycles. The molecule has 0 bridgehead atoms. The van der Waals surface area contributed by atoms with Gasteiger partial charge in [-0.2, -0.15) is 0 Å². The first kappa shape index (κ1) is 15.8. The summed E-state index contributed by atoms with van der Waals surface area (Å²) < 4.78 is 54.6. The Morgan fingerprint density at radius 1 is 1.27 bits per heavy atom. The van der Waals surface area contributed by atoms with Crippen LogP contribution in [0.2, 0.25) is 0 Å². The van der Waals surface area contributed by atoms with Crippen molar-refractivity contribution in [1.82, 2.24) is 9.88 Å². The molecule has 1 fully saturated rings. The van der Waals surface area contributed by atoms with Crippen LogP contribution in [-0.2, 0) is 17.8 Å². The molecular weight excluding hydrogens is 345 g/mol. The summed E-state index contributed by atoms with van der Waals surface area (Å²) in [5.41, 5.74) is 1.69.